The Kier molecular flexibility index (Phi) is 13.3. The number of rotatable bonds is 17. The Morgan fingerprint density at radius 3 is 1.52 bits per heavy atom. The zero-order valence-corrected chi connectivity index (χ0v) is 17.3. The van der Waals surface area contributed by atoms with Gasteiger partial charge in [-0.3, -0.25) is 0 Å². The maximum absolute atomic E-state index is 11.3. The van der Waals surface area contributed by atoms with Gasteiger partial charge in [0.2, 0.25) is 0 Å². The fourth-order valence-electron chi connectivity index (χ4n) is 3.01. The molecule has 0 heterocycles. The highest BCUT2D eigenvalue weighted by Gasteiger charge is 2.09. The highest BCUT2D eigenvalue weighted by molar-refractivity contribution is 5.88. The lowest BCUT2D eigenvalue weighted by Crippen LogP contribution is -2.03. The van der Waals surface area contributed by atoms with Crippen molar-refractivity contribution in [2.24, 2.45) is 0 Å². The number of unbranched alkanes of at least 4 members (excludes halogenated alkanes) is 10. The maximum Gasteiger partial charge on any atom is 0.335 e. The molecule has 0 amide bonds. The van der Waals surface area contributed by atoms with Gasteiger partial charge in [-0.05, 0) is 25.0 Å². The van der Waals surface area contributed by atoms with Crippen LogP contribution in [0.15, 0.2) is 18.2 Å². The van der Waals surface area contributed by atoms with E-state index in [-0.39, 0.29) is 5.56 Å². The molecule has 1 aromatic carbocycles. The molecule has 0 aliphatic rings. The molecule has 0 bridgehead atoms. The van der Waals surface area contributed by atoms with E-state index in [0.717, 1.165) is 25.7 Å². The highest BCUT2D eigenvalue weighted by atomic mass is 16.5. The molecule has 0 aliphatic heterocycles. The van der Waals surface area contributed by atoms with Gasteiger partial charge in [0.05, 0.1) is 18.8 Å². The van der Waals surface area contributed by atoms with E-state index in [4.69, 9.17) is 9.47 Å². The first-order valence-electron chi connectivity index (χ1n) is 10.8. The van der Waals surface area contributed by atoms with Gasteiger partial charge in [-0.1, -0.05) is 78.1 Å². The van der Waals surface area contributed by atoms with Crippen LogP contribution in [0.5, 0.6) is 11.5 Å². The van der Waals surface area contributed by atoms with Crippen LogP contribution in [0.25, 0.3) is 0 Å². The van der Waals surface area contributed by atoms with Gasteiger partial charge < -0.3 is 14.6 Å². The van der Waals surface area contributed by atoms with Crippen LogP contribution in [-0.2, 0) is 0 Å². The number of carboxylic acid groups (broad SMARTS) is 1. The van der Waals surface area contributed by atoms with E-state index in [9.17, 15) is 9.90 Å². The minimum absolute atomic E-state index is 0.216. The fraction of sp³-hybridized carbons (Fsp3) is 0.696. The average molecular weight is 379 g/mol. The van der Waals surface area contributed by atoms with Crippen molar-refractivity contribution in [2.45, 2.75) is 90.9 Å². The van der Waals surface area contributed by atoms with Crippen LogP contribution < -0.4 is 9.47 Å². The van der Waals surface area contributed by atoms with Gasteiger partial charge in [-0.25, -0.2) is 4.79 Å². The van der Waals surface area contributed by atoms with Crippen molar-refractivity contribution in [2.75, 3.05) is 13.2 Å². The first-order chi connectivity index (χ1) is 13.2. The van der Waals surface area contributed by atoms with E-state index in [1.165, 1.54) is 51.4 Å². The molecule has 1 aromatic rings. The molecule has 1 rings (SSSR count). The molecule has 27 heavy (non-hydrogen) atoms. The molecule has 0 unspecified atom stereocenters. The second-order valence-electron chi connectivity index (χ2n) is 7.23. The molecule has 4 nitrogen and oxygen atoms in total. The molecule has 0 aromatic heterocycles. The minimum Gasteiger partial charge on any atom is -0.493 e. The lowest BCUT2D eigenvalue weighted by atomic mass is 10.1. The fourth-order valence-corrected chi connectivity index (χ4v) is 3.01. The summed E-state index contributed by atoms with van der Waals surface area (Å²) >= 11 is 0. The monoisotopic (exact) mass is 378 g/mol. The van der Waals surface area contributed by atoms with Crippen molar-refractivity contribution < 1.29 is 19.4 Å². The second-order valence-corrected chi connectivity index (χ2v) is 7.23. The Balaban J connectivity index is 2.38. The van der Waals surface area contributed by atoms with Gasteiger partial charge in [0, 0.05) is 6.07 Å². The third-order valence-corrected chi connectivity index (χ3v) is 4.66. The second kappa shape index (κ2) is 15.4. The molecule has 0 atom stereocenters. The zero-order valence-electron chi connectivity index (χ0n) is 17.3. The standard InChI is InChI=1S/C23H38O4/c1-3-5-7-9-11-13-15-26-21-17-20(23(24)25)18-22(19-21)27-16-14-12-10-8-6-4-2/h17-19H,3-16H2,1-2H3,(H,24,25). The molecule has 0 saturated heterocycles. The number of carbonyl (C=O) groups is 1. The topological polar surface area (TPSA) is 55.8 Å². The lowest BCUT2D eigenvalue weighted by molar-refractivity contribution is 0.0695. The van der Waals surface area contributed by atoms with Crippen molar-refractivity contribution in [3.63, 3.8) is 0 Å². The van der Waals surface area contributed by atoms with Crippen molar-refractivity contribution in [3.05, 3.63) is 23.8 Å². The van der Waals surface area contributed by atoms with Crippen LogP contribution in [-0.4, -0.2) is 24.3 Å². The number of aromatic carboxylic acids is 1. The van der Waals surface area contributed by atoms with E-state index >= 15 is 0 Å². The van der Waals surface area contributed by atoms with Gasteiger partial charge in [-0.2, -0.15) is 0 Å². The first kappa shape index (κ1) is 23.3. The molecule has 0 spiro atoms. The van der Waals surface area contributed by atoms with E-state index in [0.29, 0.717) is 24.7 Å². The summed E-state index contributed by atoms with van der Waals surface area (Å²) in [6, 6.07) is 4.97. The molecule has 0 fully saturated rings. The Bertz CT molecular complexity index is 477. The summed E-state index contributed by atoms with van der Waals surface area (Å²) in [4.78, 5) is 11.3. The predicted molar refractivity (Wildman–Crippen MR) is 111 cm³/mol. The molecule has 0 saturated carbocycles. The summed E-state index contributed by atoms with van der Waals surface area (Å²) in [6.07, 6.45) is 14.4. The van der Waals surface area contributed by atoms with Gasteiger partial charge in [0.15, 0.2) is 0 Å². The molecule has 0 aliphatic carbocycles. The van der Waals surface area contributed by atoms with Crippen LogP contribution >= 0.6 is 0 Å². The molecular formula is C23H38O4. The van der Waals surface area contributed by atoms with Crippen molar-refractivity contribution in [1.82, 2.24) is 0 Å². The van der Waals surface area contributed by atoms with E-state index in [2.05, 4.69) is 13.8 Å². The number of ether oxygens (including phenoxy) is 2. The summed E-state index contributed by atoms with van der Waals surface area (Å²) in [6.45, 7) is 5.66. The summed E-state index contributed by atoms with van der Waals surface area (Å²) in [5.41, 5.74) is 0.216. The normalized spacial score (nSPS) is 10.7. The molecule has 4 heteroatoms. The van der Waals surface area contributed by atoms with Gasteiger partial charge in [0.1, 0.15) is 11.5 Å². The van der Waals surface area contributed by atoms with Crippen molar-refractivity contribution >= 4 is 5.97 Å². The summed E-state index contributed by atoms with van der Waals surface area (Å²) in [5, 5.41) is 9.31. The quantitative estimate of drug-likeness (QED) is 0.301. The first-order valence-corrected chi connectivity index (χ1v) is 10.8. The summed E-state index contributed by atoms with van der Waals surface area (Å²) in [7, 11) is 0. The van der Waals surface area contributed by atoms with Gasteiger partial charge >= 0.3 is 5.97 Å². The van der Waals surface area contributed by atoms with E-state index in [1.807, 2.05) is 0 Å². The molecule has 1 N–H and O–H groups in total. The van der Waals surface area contributed by atoms with Crippen LogP contribution in [0.1, 0.15) is 101 Å². The molecular weight excluding hydrogens is 340 g/mol. The Labute approximate surface area is 165 Å². The maximum atomic E-state index is 11.3. The van der Waals surface area contributed by atoms with E-state index in [1.54, 1.807) is 18.2 Å². The van der Waals surface area contributed by atoms with Crippen LogP contribution in [0, 0.1) is 0 Å². The predicted octanol–water partition coefficient (Wildman–Crippen LogP) is 6.86. The van der Waals surface area contributed by atoms with Crippen LogP contribution in [0.3, 0.4) is 0 Å². The summed E-state index contributed by atoms with van der Waals surface area (Å²) in [5.74, 6) is 0.215. The molecule has 154 valence electrons. The lowest BCUT2D eigenvalue weighted by Gasteiger charge is -2.11. The van der Waals surface area contributed by atoms with Gasteiger partial charge in [0.25, 0.3) is 0 Å². The largest absolute Gasteiger partial charge is 0.493 e. The van der Waals surface area contributed by atoms with E-state index < -0.39 is 5.97 Å². The van der Waals surface area contributed by atoms with Crippen molar-refractivity contribution in [1.29, 1.82) is 0 Å². The van der Waals surface area contributed by atoms with Gasteiger partial charge in [-0.15, -0.1) is 0 Å². The number of carboxylic acids is 1. The average Bonchev–Trinajstić information content (AvgIpc) is 2.66. The Morgan fingerprint density at radius 2 is 1.11 bits per heavy atom. The summed E-state index contributed by atoms with van der Waals surface area (Å²) < 4.78 is 11.5. The smallest absolute Gasteiger partial charge is 0.335 e. The SMILES string of the molecule is CCCCCCCCOc1cc(OCCCCCCCC)cc(C(=O)O)c1. The van der Waals surface area contributed by atoms with Crippen molar-refractivity contribution in [3.8, 4) is 11.5 Å². The zero-order chi connectivity index (χ0) is 19.7. The minimum atomic E-state index is -0.954. The Morgan fingerprint density at radius 1 is 0.704 bits per heavy atom. The number of hydrogen-bond donors (Lipinski definition) is 1. The molecule has 0 radical (unpaired) electrons. The number of benzene rings is 1. The number of hydrogen-bond acceptors (Lipinski definition) is 3. The van der Waals surface area contributed by atoms with Crippen LogP contribution in [0.2, 0.25) is 0 Å². The third-order valence-electron chi connectivity index (χ3n) is 4.66. The highest BCUT2D eigenvalue weighted by Crippen LogP contribution is 2.24. The Hall–Kier alpha value is -1.71. The third kappa shape index (κ3) is 11.6. The van der Waals surface area contributed by atoms with Crippen LogP contribution in [0.4, 0.5) is 0 Å².